The second kappa shape index (κ2) is 6.25. The van der Waals surface area contributed by atoms with E-state index in [1.54, 1.807) is 0 Å². The third-order valence-corrected chi connectivity index (χ3v) is 1.99. The van der Waals surface area contributed by atoms with Crippen LogP contribution in [0.1, 0.15) is 27.7 Å². The molecule has 0 spiro atoms. The molecule has 0 N–H and O–H groups in total. The largest absolute Gasteiger partial charge is 0.345 e. The van der Waals surface area contributed by atoms with Crippen molar-refractivity contribution < 1.29 is 0 Å². The molecular weight excluding hydrogens is 170 g/mol. The molecule has 0 heterocycles. The normalized spacial score (nSPS) is 10.9. The Morgan fingerprint density at radius 2 is 1.57 bits per heavy atom. The SMILES string of the molecule is C=C(/C=C\C)N(C)C(/C=C\C)=C(C)C. The summed E-state index contributed by atoms with van der Waals surface area (Å²) in [5.41, 5.74) is 3.49. The van der Waals surface area contributed by atoms with Gasteiger partial charge >= 0.3 is 0 Å². The van der Waals surface area contributed by atoms with Gasteiger partial charge in [0, 0.05) is 18.4 Å². The van der Waals surface area contributed by atoms with Crippen molar-refractivity contribution >= 4 is 0 Å². The van der Waals surface area contributed by atoms with E-state index in [-0.39, 0.29) is 0 Å². The highest BCUT2D eigenvalue weighted by molar-refractivity contribution is 5.28. The topological polar surface area (TPSA) is 3.24 Å². The number of nitrogens with zero attached hydrogens (tertiary/aromatic N) is 1. The Balaban J connectivity index is 4.88. The monoisotopic (exact) mass is 191 g/mol. The first-order valence-corrected chi connectivity index (χ1v) is 4.90. The summed E-state index contributed by atoms with van der Waals surface area (Å²) in [4.78, 5) is 2.09. The third kappa shape index (κ3) is 3.65. The summed E-state index contributed by atoms with van der Waals surface area (Å²) in [5, 5.41) is 0. The summed E-state index contributed by atoms with van der Waals surface area (Å²) >= 11 is 0. The summed E-state index contributed by atoms with van der Waals surface area (Å²) in [6.07, 6.45) is 8.15. The third-order valence-electron chi connectivity index (χ3n) is 1.99. The first-order chi connectivity index (χ1) is 6.54. The van der Waals surface area contributed by atoms with Crippen LogP contribution in [0.15, 0.2) is 47.9 Å². The van der Waals surface area contributed by atoms with Gasteiger partial charge in [0.2, 0.25) is 0 Å². The van der Waals surface area contributed by atoms with Gasteiger partial charge in [0.05, 0.1) is 0 Å². The van der Waals surface area contributed by atoms with Crippen molar-refractivity contribution in [1.82, 2.24) is 4.90 Å². The van der Waals surface area contributed by atoms with E-state index >= 15 is 0 Å². The Labute approximate surface area is 88.1 Å². The molecule has 0 atom stereocenters. The number of rotatable bonds is 4. The highest BCUT2D eigenvalue weighted by Gasteiger charge is 2.03. The first-order valence-electron chi connectivity index (χ1n) is 4.90. The first kappa shape index (κ1) is 12.8. The Hall–Kier alpha value is -1.24. The predicted octanol–water partition coefficient (Wildman–Crippen LogP) is 3.88. The molecule has 0 aromatic heterocycles. The average Bonchev–Trinajstić information content (AvgIpc) is 2.13. The van der Waals surface area contributed by atoms with Gasteiger partial charge in [-0.15, -0.1) is 0 Å². The fourth-order valence-corrected chi connectivity index (χ4v) is 1.23. The minimum Gasteiger partial charge on any atom is -0.345 e. The van der Waals surface area contributed by atoms with E-state index in [2.05, 4.69) is 31.4 Å². The van der Waals surface area contributed by atoms with Gasteiger partial charge < -0.3 is 4.90 Å². The van der Waals surface area contributed by atoms with E-state index in [9.17, 15) is 0 Å². The van der Waals surface area contributed by atoms with E-state index in [1.807, 2.05) is 39.1 Å². The molecule has 0 amide bonds. The molecule has 0 saturated heterocycles. The summed E-state index contributed by atoms with van der Waals surface area (Å²) in [6, 6.07) is 0. The molecule has 0 unspecified atom stereocenters. The van der Waals surface area contributed by atoms with Crippen LogP contribution in [0.5, 0.6) is 0 Å². The van der Waals surface area contributed by atoms with E-state index in [0.29, 0.717) is 0 Å². The van der Waals surface area contributed by atoms with Crippen molar-refractivity contribution in [1.29, 1.82) is 0 Å². The fourth-order valence-electron chi connectivity index (χ4n) is 1.23. The number of hydrogen-bond donors (Lipinski definition) is 0. The van der Waals surface area contributed by atoms with Gasteiger partial charge in [-0.2, -0.15) is 0 Å². The Morgan fingerprint density at radius 3 is 1.93 bits per heavy atom. The van der Waals surface area contributed by atoms with Crippen molar-refractivity contribution in [2.45, 2.75) is 27.7 Å². The highest BCUT2D eigenvalue weighted by Crippen LogP contribution is 2.15. The van der Waals surface area contributed by atoms with Crippen molar-refractivity contribution in [3.8, 4) is 0 Å². The smallest absolute Gasteiger partial charge is 0.0390 e. The lowest BCUT2D eigenvalue weighted by molar-refractivity contribution is 0.549. The van der Waals surface area contributed by atoms with Gasteiger partial charge in [-0.1, -0.05) is 24.3 Å². The van der Waals surface area contributed by atoms with Gasteiger partial charge in [0.1, 0.15) is 0 Å². The Morgan fingerprint density at radius 1 is 1.07 bits per heavy atom. The van der Waals surface area contributed by atoms with Crippen LogP contribution < -0.4 is 0 Å². The highest BCUT2D eigenvalue weighted by atomic mass is 15.1. The van der Waals surface area contributed by atoms with Gasteiger partial charge in [-0.05, 0) is 39.8 Å². The Kier molecular flexibility index (Phi) is 5.70. The second-order valence-corrected chi connectivity index (χ2v) is 3.44. The molecule has 0 aliphatic carbocycles. The summed E-state index contributed by atoms with van der Waals surface area (Å²) in [6.45, 7) is 12.2. The van der Waals surface area contributed by atoms with Crippen LogP contribution in [-0.4, -0.2) is 11.9 Å². The van der Waals surface area contributed by atoms with Crippen molar-refractivity contribution in [3.63, 3.8) is 0 Å². The van der Waals surface area contributed by atoms with Gasteiger partial charge in [-0.3, -0.25) is 0 Å². The minimum absolute atomic E-state index is 1.00. The molecule has 0 radical (unpaired) electrons. The van der Waals surface area contributed by atoms with Crippen LogP contribution in [0.3, 0.4) is 0 Å². The molecule has 0 aromatic rings. The molecule has 0 aliphatic rings. The Bertz CT molecular complexity index is 276. The molecule has 78 valence electrons. The lowest BCUT2D eigenvalue weighted by atomic mass is 10.2. The number of likely N-dealkylation sites (N-methyl/N-ethyl adjacent to an activating group) is 1. The summed E-state index contributed by atoms with van der Waals surface area (Å²) in [7, 11) is 2.03. The average molecular weight is 191 g/mol. The summed E-state index contributed by atoms with van der Waals surface area (Å²) < 4.78 is 0. The number of allylic oxidation sites excluding steroid dienone is 5. The lowest BCUT2D eigenvalue weighted by Gasteiger charge is -2.22. The maximum Gasteiger partial charge on any atom is 0.0390 e. The van der Waals surface area contributed by atoms with Crippen molar-refractivity contribution in [2.75, 3.05) is 7.05 Å². The molecule has 0 saturated carbocycles. The van der Waals surface area contributed by atoms with E-state index < -0.39 is 0 Å². The second-order valence-electron chi connectivity index (χ2n) is 3.44. The molecular formula is C13H21N. The van der Waals surface area contributed by atoms with E-state index in [0.717, 1.165) is 5.70 Å². The fraction of sp³-hybridized carbons (Fsp3) is 0.385. The van der Waals surface area contributed by atoms with E-state index in [4.69, 9.17) is 0 Å². The molecule has 0 fully saturated rings. The van der Waals surface area contributed by atoms with Crippen LogP contribution in [0.2, 0.25) is 0 Å². The standard InChI is InChI=1S/C13H21N/c1-7-9-12(5)14(6)13(10-8-2)11(3)4/h7-10H,5H2,1-4,6H3/b9-7-,10-8-. The molecule has 1 heteroatoms. The van der Waals surface area contributed by atoms with Crippen LogP contribution in [-0.2, 0) is 0 Å². The van der Waals surface area contributed by atoms with Gasteiger partial charge in [0.25, 0.3) is 0 Å². The van der Waals surface area contributed by atoms with Crippen LogP contribution in [0, 0.1) is 0 Å². The lowest BCUT2D eigenvalue weighted by Crippen LogP contribution is -2.15. The zero-order valence-corrected chi connectivity index (χ0v) is 9.96. The van der Waals surface area contributed by atoms with Crippen LogP contribution in [0.4, 0.5) is 0 Å². The molecule has 0 aliphatic heterocycles. The summed E-state index contributed by atoms with van der Waals surface area (Å²) in [5.74, 6) is 0. The predicted molar refractivity (Wildman–Crippen MR) is 64.9 cm³/mol. The molecule has 0 bridgehead atoms. The molecule has 14 heavy (non-hydrogen) atoms. The van der Waals surface area contributed by atoms with Gasteiger partial charge in [-0.25, -0.2) is 0 Å². The molecule has 0 aromatic carbocycles. The van der Waals surface area contributed by atoms with E-state index in [1.165, 1.54) is 11.3 Å². The number of hydrogen-bond acceptors (Lipinski definition) is 1. The zero-order valence-electron chi connectivity index (χ0n) is 9.96. The van der Waals surface area contributed by atoms with Crippen molar-refractivity contribution in [3.05, 3.63) is 47.9 Å². The zero-order chi connectivity index (χ0) is 11.1. The van der Waals surface area contributed by atoms with Crippen LogP contribution in [0.25, 0.3) is 0 Å². The quantitative estimate of drug-likeness (QED) is 0.610. The molecule has 0 rings (SSSR count). The maximum atomic E-state index is 4.00. The van der Waals surface area contributed by atoms with Gasteiger partial charge in [0.15, 0.2) is 0 Å². The molecule has 1 nitrogen and oxygen atoms in total. The maximum absolute atomic E-state index is 4.00. The minimum atomic E-state index is 1.00. The van der Waals surface area contributed by atoms with Crippen molar-refractivity contribution in [2.24, 2.45) is 0 Å². The van der Waals surface area contributed by atoms with Crippen LogP contribution >= 0.6 is 0 Å².